The molecule has 0 aliphatic carbocycles. The fourth-order valence-corrected chi connectivity index (χ4v) is 0.961. The van der Waals surface area contributed by atoms with Gasteiger partial charge in [0.25, 0.3) is 0 Å². The summed E-state index contributed by atoms with van der Waals surface area (Å²) in [6.45, 7) is 0. The van der Waals surface area contributed by atoms with Crippen molar-refractivity contribution in [3.05, 3.63) is 30.3 Å². The van der Waals surface area contributed by atoms with Crippen LogP contribution in [0, 0.1) is 0 Å². The van der Waals surface area contributed by atoms with Crippen molar-refractivity contribution in [1.82, 2.24) is 5.32 Å². The van der Waals surface area contributed by atoms with E-state index in [1.807, 2.05) is 37.4 Å². The Morgan fingerprint density at radius 1 is 1.43 bits per heavy atom. The number of nitrogens with one attached hydrogen (secondary N) is 1. The minimum atomic E-state index is 0.618. The Morgan fingerprint density at radius 3 is 2.64 bits per heavy atom. The molecule has 0 saturated heterocycles. The van der Waals surface area contributed by atoms with E-state index in [4.69, 9.17) is 12.2 Å². The molecule has 0 aromatic heterocycles. The molecule has 1 N–H and O–H groups in total. The van der Waals surface area contributed by atoms with Crippen LogP contribution in [-0.4, -0.2) is 25.3 Å². The van der Waals surface area contributed by atoms with Crippen LogP contribution in [0.15, 0.2) is 35.4 Å². The first-order valence-corrected chi connectivity index (χ1v) is 4.69. The van der Waals surface area contributed by atoms with Crippen LogP contribution >= 0.6 is 12.2 Å². The highest BCUT2D eigenvalue weighted by Crippen LogP contribution is 2.10. The lowest BCUT2D eigenvalue weighted by molar-refractivity contribution is 1.02. The van der Waals surface area contributed by atoms with Crippen molar-refractivity contribution in [3.8, 4) is 0 Å². The summed E-state index contributed by atoms with van der Waals surface area (Å²) in [5.74, 6) is 0. The van der Waals surface area contributed by atoms with E-state index < -0.39 is 0 Å². The Balaban J connectivity index is 2.63. The molecule has 0 bridgehead atoms. The molecule has 0 heterocycles. The molecule has 14 heavy (non-hydrogen) atoms. The Bertz CT molecular complexity index is 321. The van der Waals surface area contributed by atoms with E-state index in [2.05, 4.69) is 10.4 Å². The van der Waals surface area contributed by atoms with Crippen molar-refractivity contribution in [2.45, 2.75) is 0 Å². The minimum absolute atomic E-state index is 0.618. The third-order valence-electron chi connectivity index (χ3n) is 1.72. The summed E-state index contributed by atoms with van der Waals surface area (Å²) in [6.07, 6.45) is 1.61. The molecule has 1 rings (SSSR count). The molecule has 0 radical (unpaired) electrons. The maximum absolute atomic E-state index is 4.94. The number of thiocarbonyl (C=S) groups is 1. The van der Waals surface area contributed by atoms with Gasteiger partial charge in [0.05, 0.1) is 11.9 Å². The van der Waals surface area contributed by atoms with Crippen molar-refractivity contribution in [1.29, 1.82) is 0 Å². The zero-order valence-electron chi connectivity index (χ0n) is 8.27. The van der Waals surface area contributed by atoms with Gasteiger partial charge in [-0.05, 0) is 12.1 Å². The van der Waals surface area contributed by atoms with Gasteiger partial charge >= 0.3 is 0 Å². The fourth-order valence-electron chi connectivity index (χ4n) is 0.914. The van der Waals surface area contributed by atoms with Gasteiger partial charge in [0.1, 0.15) is 4.99 Å². The molecular formula is C10H13N3S. The van der Waals surface area contributed by atoms with Gasteiger partial charge in [-0.3, -0.25) is 5.01 Å². The average Bonchev–Trinajstić information content (AvgIpc) is 2.26. The van der Waals surface area contributed by atoms with Crippen LogP contribution in [0.4, 0.5) is 5.69 Å². The lowest BCUT2D eigenvalue weighted by Crippen LogP contribution is -2.19. The molecule has 0 aliphatic rings. The van der Waals surface area contributed by atoms with Gasteiger partial charge in [0, 0.05) is 14.1 Å². The maximum Gasteiger partial charge on any atom is 0.119 e. The third kappa shape index (κ3) is 3.14. The minimum Gasteiger partial charge on any atom is -0.378 e. The van der Waals surface area contributed by atoms with Crippen molar-refractivity contribution < 1.29 is 0 Å². The number of hydrogen-bond donors (Lipinski definition) is 1. The number of para-hydroxylation sites is 1. The van der Waals surface area contributed by atoms with E-state index in [-0.39, 0.29) is 0 Å². The molecule has 0 saturated carbocycles. The van der Waals surface area contributed by atoms with E-state index in [1.54, 1.807) is 18.3 Å². The second-order valence-corrected chi connectivity index (χ2v) is 3.16. The van der Waals surface area contributed by atoms with Crippen molar-refractivity contribution >= 4 is 29.1 Å². The number of benzene rings is 1. The zero-order chi connectivity index (χ0) is 10.4. The molecule has 0 spiro atoms. The first kappa shape index (κ1) is 10.7. The highest BCUT2D eigenvalue weighted by molar-refractivity contribution is 7.81. The van der Waals surface area contributed by atoms with Crippen LogP contribution in [0.3, 0.4) is 0 Å². The summed E-state index contributed by atoms with van der Waals surface area (Å²) in [5.41, 5.74) is 1.03. The summed E-state index contributed by atoms with van der Waals surface area (Å²) < 4.78 is 0. The van der Waals surface area contributed by atoms with E-state index in [1.165, 1.54) is 0 Å². The first-order valence-electron chi connectivity index (χ1n) is 4.28. The zero-order valence-corrected chi connectivity index (χ0v) is 9.08. The van der Waals surface area contributed by atoms with Crippen molar-refractivity contribution in [2.24, 2.45) is 5.10 Å². The van der Waals surface area contributed by atoms with Gasteiger partial charge in [0.15, 0.2) is 0 Å². The first-order chi connectivity index (χ1) is 6.74. The van der Waals surface area contributed by atoms with E-state index in [0.717, 1.165) is 5.69 Å². The maximum atomic E-state index is 4.94. The Kier molecular flexibility index (Phi) is 4.07. The standard InChI is InChI=1S/C10H13N3S/c1-11-10(14)8-12-13(2)9-6-4-3-5-7-9/h3-8H,1-2H3,(H,11,14)/b12-8+. The molecule has 0 atom stereocenters. The topological polar surface area (TPSA) is 27.6 Å². The molecule has 0 amide bonds. The van der Waals surface area contributed by atoms with Gasteiger partial charge in [0.2, 0.25) is 0 Å². The highest BCUT2D eigenvalue weighted by atomic mass is 32.1. The van der Waals surface area contributed by atoms with Crippen LogP contribution in [0.2, 0.25) is 0 Å². The molecule has 0 aliphatic heterocycles. The van der Waals surface area contributed by atoms with Gasteiger partial charge in [-0.15, -0.1) is 0 Å². The third-order valence-corrected chi connectivity index (χ3v) is 2.03. The normalized spacial score (nSPS) is 10.1. The average molecular weight is 207 g/mol. The largest absolute Gasteiger partial charge is 0.378 e. The monoisotopic (exact) mass is 207 g/mol. The summed E-state index contributed by atoms with van der Waals surface area (Å²) in [5, 5.41) is 8.76. The van der Waals surface area contributed by atoms with E-state index in [0.29, 0.717) is 4.99 Å². The van der Waals surface area contributed by atoms with Gasteiger partial charge in [-0.2, -0.15) is 5.10 Å². The molecule has 0 fully saturated rings. The molecule has 0 unspecified atom stereocenters. The van der Waals surface area contributed by atoms with E-state index >= 15 is 0 Å². The summed E-state index contributed by atoms with van der Waals surface area (Å²) in [6, 6.07) is 9.88. The van der Waals surface area contributed by atoms with Gasteiger partial charge in [-0.1, -0.05) is 30.4 Å². The predicted molar refractivity (Wildman–Crippen MR) is 65.0 cm³/mol. The molecule has 1 aromatic rings. The van der Waals surface area contributed by atoms with Crippen molar-refractivity contribution in [2.75, 3.05) is 19.1 Å². The SMILES string of the molecule is CNC(=S)/C=N/N(C)c1ccccc1. The molecule has 4 heteroatoms. The Hall–Kier alpha value is -1.42. The van der Waals surface area contributed by atoms with Crippen LogP contribution in [0.1, 0.15) is 0 Å². The Morgan fingerprint density at radius 2 is 2.07 bits per heavy atom. The molecular weight excluding hydrogens is 194 g/mol. The lowest BCUT2D eigenvalue weighted by atomic mass is 10.3. The van der Waals surface area contributed by atoms with Crippen LogP contribution in [-0.2, 0) is 0 Å². The second-order valence-electron chi connectivity index (χ2n) is 2.72. The number of nitrogens with zero attached hydrogens (tertiary/aromatic N) is 2. The summed E-state index contributed by atoms with van der Waals surface area (Å²) >= 11 is 4.94. The molecule has 1 aromatic carbocycles. The van der Waals surface area contributed by atoms with Crippen LogP contribution < -0.4 is 10.3 Å². The fraction of sp³-hybridized carbons (Fsp3) is 0.200. The number of hydrogen-bond acceptors (Lipinski definition) is 3. The van der Waals surface area contributed by atoms with Crippen LogP contribution in [0.5, 0.6) is 0 Å². The molecule has 74 valence electrons. The van der Waals surface area contributed by atoms with Crippen molar-refractivity contribution in [3.63, 3.8) is 0 Å². The summed E-state index contributed by atoms with van der Waals surface area (Å²) in [4.78, 5) is 0.618. The number of hydrazone groups is 1. The highest BCUT2D eigenvalue weighted by Gasteiger charge is 1.94. The van der Waals surface area contributed by atoms with Gasteiger partial charge < -0.3 is 5.32 Å². The summed E-state index contributed by atoms with van der Waals surface area (Å²) in [7, 11) is 3.65. The Labute approximate surface area is 89.4 Å². The predicted octanol–water partition coefficient (Wildman–Crippen LogP) is 1.66. The van der Waals surface area contributed by atoms with Crippen LogP contribution in [0.25, 0.3) is 0 Å². The molecule has 3 nitrogen and oxygen atoms in total. The number of anilines is 1. The second kappa shape index (κ2) is 5.34. The van der Waals surface area contributed by atoms with Gasteiger partial charge in [-0.25, -0.2) is 0 Å². The van der Waals surface area contributed by atoms with E-state index in [9.17, 15) is 0 Å². The quantitative estimate of drug-likeness (QED) is 0.464. The smallest absolute Gasteiger partial charge is 0.119 e. The number of rotatable bonds is 3. The lowest BCUT2D eigenvalue weighted by Gasteiger charge is -2.11.